The van der Waals surface area contributed by atoms with E-state index in [1.54, 1.807) is 0 Å². The predicted octanol–water partition coefficient (Wildman–Crippen LogP) is 15.4. The van der Waals surface area contributed by atoms with E-state index in [9.17, 15) is 0 Å². The predicted molar refractivity (Wildman–Crippen MR) is 278 cm³/mol. The summed E-state index contributed by atoms with van der Waals surface area (Å²) < 4.78 is 0. The Morgan fingerprint density at radius 3 is 1.70 bits per heavy atom. The van der Waals surface area contributed by atoms with E-state index in [0.717, 1.165) is 0 Å². The molecule has 2 nitrogen and oxygen atoms in total. The molecule has 2 aliphatic heterocycles. The molecular formula is C61H56N2Si. The van der Waals surface area contributed by atoms with Gasteiger partial charge in [-0.15, -0.1) is 0 Å². The van der Waals surface area contributed by atoms with Crippen LogP contribution in [0.5, 0.6) is 0 Å². The Morgan fingerprint density at radius 2 is 1.09 bits per heavy atom. The third kappa shape index (κ3) is 6.43. The maximum atomic E-state index is 2.51. The van der Waals surface area contributed by atoms with Crippen LogP contribution in [0, 0.1) is 5.92 Å². The molecule has 0 spiro atoms. The van der Waals surface area contributed by atoms with Gasteiger partial charge in [-0.2, -0.15) is 0 Å². The van der Waals surface area contributed by atoms with Crippen molar-refractivity contribution in [3.05, 3.63) is 220 Å². The van der Waals surface area contributed by atoms with Crippen LogP contribution in [0.2, 0.25) is 13.1 Å². The molecule has 0 saturated heterocycles. The van der Waals surface area contributed by atoms with Gasteiger partial charge in [0.15, 0.2) is 0 Å². The largest absolute Gasteiger partial charge is 0.311 e. The van der Waals surface area contributed by atoms with Crippen LogP contribution in [-0.2, 0) is 5.41 Å². The molecule has 3 heteroatoms. The zero-order valence-corrected chi connectivity index (χ0v) is 39.1. The van der Waals surface area contributed by atoms with Crippen molar-refractivity contribution in [2.24, 2.45) is 5.92 Å². The standard InChI is InChI=1S/C61H56N2Si/c1-40(2)52-37-42(26-32-49(52)48-34-30-46(36-41(48)3)62-55-18-10-8-16-44(55)28-29-45-17-9-11-19-56(45)62)24-25-43-27-33-50-51-35-31-47(39-54(51)61(4,5)53(50)38-43)63-57-20-12-14-22-59(57)64(6,7)60-23-15-13-21-58(60)63/h8-41,48H,1-7H3/b25-24+. The molecule has 7 aromatic rings. The number of anilines is 5. The zero-order valence-electron chi connectivity index (χ0n) is 38.1. The van der Waals surface area contributed by atoms with Crippen LogP contribution in [0.25, 0.3) is 35.4 Å². The zero-order chi connectivity index (χ0) is 43.9. The summed E-state index contributed by atoms with van der Waals surface area (Å²) in [5.41, 5.74) is 20.6. The second kappa shape index (κ2) is 15.2. The number of fused-ring (bicyclic) bond motifs is 7. The molecule has 314 valence electrons. The van der Waals surface area contributed by atoms with Gasteiger partial charge in [-0.25, -0.2) is 0 Å². The molecule has 0 saturated carbocycles. The van der Waals surface area contributed by atoms with E-state index in [0.29, 0.717) is 17.8 Å². The minimum Gasteiger partial charge on any atom is -0.311 e. The quantitative estimate of drug-likeness (QED) is 0.122. The van der Waals surface area contributed by atoms with Gasteiger partial charge in [-0.3, -0.25) is 0 Å². The molecule has 2 unspecified atom stereocenters. The maximum Gasteiger partial charge on any atom is 0.117 e. The van der Waals surface area contributed by atoms with Crippen molar-refractivity contribution in [2.45, 2.75) is 65.0 Å². The van der Waals surface area contributed by atoms with Crippen molar-refractivity contribution >= 4 is 71.2 Å². The van der Waals surface area contributed by atoms with E-state index in [2.05, 4.69) is 252 Å². The SMILES string of the molecule is CC(C)c1cc(/C=C/c2ccc3c(c2)C(C)(C)c2cc(N4c5ccccc5[Si](C)(C)c5ccccc54)ccc2-3)ccc1C1C=CC(N2c3ccccc3C=Cc3ccccc32)=CC1C. The Balaban J connectivity index is 0.866. The van der Waals surface area contributed by atoms with Crippen LogP contribution in [0.4, 0.5) is 28.4 Å². The van der Waals surface area contributed by atoms with Crippen molar-refractivity contribution in [2.75, 3.05) is 9.80 Å². The van der Waals surface area contributed by atoms with Gasteiger partial charge in [0.2, 0.25) is 0 Å². The van der Waals surface area contributed by atoms with E-state index in [-0.39, 0.29) is 5.41 Å². The Hall–Kier alpha value is -6.68. The normalized spacial score (nSPS) is 18.5. The number of allylic oxidation sites excluding steroid dienone is 3. The van der Waals surface area contributed by atoms with Crippen LogP contribution in [0.3, 0.4) is 0 Å². The van der Waals surface area contributed by atoms with E-state index < -0.39 is 8.07 Å². The van der Waals surface area contributed by atoms with Crippen molar-refractivity contribution in [3.63, 3.8) is 0 Å². The van der Waals surface area contributed by atoms with Crippen LogP contribution >= 0.6 is 0 Å². The van der Waals surface area contributed by atoms with E-state index in [1.165, 1.54) is 100 Å². The van der Waals surface area contributed by atoms with Crippen molar-refractivity contribution < 1.29 is 0 Å². The second-order valence-corrected chi connectivity index (χ2v) is 24.0. The second-order valence-electron chi connectivity index (χ2n) is 19.7. The van der Waals surface area contributed by atoms with E-state index in [4.69, 9.17) is 0 Å². The summed E-state index contributed by atoms with van der Waals surface area (Å²) in [7, 11) is -1.85. The van der Waals surface area contributed by atoms with Crippen LogP contribution < -0.4 is 20.2 Å². The number of para-hydroxylation sites is 4. The van der Waals surface area contributed by atoms with Crippen molar-refractivity contribution in [1.82, 2.24) is 0 Å². The highest BCUT2D eigenvalue weighted by Crippen LogP contribution is 2.51. The minimum atomic E-state index is -1.85. The van der Waals surface area contributed by atoms with Crippen LogP contribution in [-0.4, -0.2) is 8.07 Å². The molecular weight excluding hydrogens is 789 g/mol. The Morgan fingerprint density at radius 1 is 0.562 bits per heavy atom. The maximum absolute atomic E-state index is 2.51. The van der Waals surface area contributed by atoms with Gasteiger partial charge in [-0.1, -0.05) is 199 Å². The topological polar surface area (TPSA) is 6.48 Å². The van der Waals surface area contributed by atoms with Gasteiger partial charge in [0.05, 0.1) is 11.4 Å². The summed E-state index contributed by atoms with van der Waals surface area (Å²) in [6.07, 6.45) is 16.4. The Bertz CT molecular complexity index is 3040. The molecule has 4 aliphatic rings. The highest BCUT2D eigenvalue weighted by Gasteiger charge is 2.40. The highest BCUT2D eigenvalue weighted by atomic mass is 28.3. The number of nitrogens with zero attached hydrogens (tertiary/aromatic N) is 2. The Labute approximate surface area is 381 Å². The first-order valence-corrected chi connectivity index (χ1v) is 26.2. The third-order valence-corrected chi connectivity index (χ3v) is 18.2. The molecule has 11 rings (SSSR count). The number of hydrogen-bond donors (Lipinski definition) is 0. The lowest BCUT2D eigenvalue weighted by atomic mass is 9.78. The molecule has 64 heavy (non-hydrogen) atoms. The average molecular weight is 845 g/mol. The lowest BCUT2D eigenvalue weighted by Gasteiger charge is -2.41. The van der Waals surface area contributed by atoms with Gasteiger partial charge in [0.25, 0.3) is 0 Å². The average Bonchev–Trinajstić information content (AvgIpc) is 3.41. The van der Waals surface area contributed by atoms with Crippen LogP contribution in [0.15, 0.2) is 176 Å². The number of rotatable bonds is 6. The summed E-state index contributed by atoms with van der Waals surface area (Å²) in [5, 5.41) is 2.99. The van der Waals surface area contributed by atoms with Gasteiger partial charge in [0, 0.05) is 34.1 Å². The molecule has 0 N–H and O–H groups in total. The van der Waals surface area contributed by atoms with Gasteiger partial charge in [0.1, 0.15) is 8.07 Å². The molecule has 0 amide bonds. The Kier molecular flexibility index (Phi) is 9.56. The molecule has 7 aromatic carbocycles. The van der Waals surface area contributed by atoms with Gasteiger partial charge in [-0.05, 0) is 120 Å². The lowest BCUT2D eigenvalue weighted by molar-refractivity contribution is 0.618. The molecule has 2 heterocycles. The highest BCUT2D eigenvalue weighted by molar-refractivity contribution is 7.02. The number of benzene rings is 7. The van der Waals surface area contributed by atoms with Crippen molar-refractivity contribution in [1.29, 1.82) is 0 Å². The smallest absolute Gasteiger partial charge is 0.117 e. The summed E-state index contributed by atoms with van der Waals surface area (Å²) in [6.45, 7) is 16.8. The fraction of sp³-hybridized carbons (Fsp3) is 0.180. The summed E-state index contributed by atoms with van der Waals surface area (Å²) in [6, 6.07) is 57.0. The van der Waals surface area contributed by atoms with Gasteiger partial charge < -0.3 is 9.80 Å². The van der Waals surface area contributed by atoms with E-state index >= 15 is 0 Å². The van der Waals surface area contributed by atoms with Crippen LogP contribution in [0.1, 0.15) is 91.0 Å². The minimum absolute atomic E-state index is 0.144. The molecule has 2 atom stereocenters. The fourth-order valence-electron chi connectivity index (χ4n) is 11.2. The summed E-state index contributed by atoms with van der Waals surface area (Å²) in [4.78, 5) is 4.95. The molecule has 0 aromatic heterocycles. The summed E-state index contributed by atoms with van der Waals surface area (Å²) >= 11 is 0. The lowest BCUT2D eigenvalue weighted by Crippen LogP contribution is -2.58. The fourth-order valence-corrected chi connectivity index (χ4v) is 14.2. The third-order valence-electron chi connectivity index (χ3n) is 14.7. The monoisotopic (exact) mass is 844 g/mol. The van der Waals surface area contributed by atoms with Crippen molar-refractivity contribution in [3.8, 4) is 11.1 Å². The first kappa shape index (κ1) is 40.1. The molecule has 0 bridgehead atoms. The van der Waals surface area contributed by atoms with E-state index in [1.807, 2.05) is 0 Å². The first-order chi connectivity index (χ1) is 31.0. The van der Waals surface area contributed by atoms with Gasteiger partial charge >= 0.3 is 0 Å². The molecule has 0 fully saturated rings. The molecule has 2 aliphatic carbocycles. The molecule has 0 radical (unpaired) electrons. The summed E-state index contributed by atoms with van der Waals surface area (Å²) in [5.74, 6) is 1.02. The number of hydrogen-bond acceptors (Lipinski definition) is 2. The first-order valence-electron chi connectivity index (χ1n) is 23.2.